The first-order chi connectivity index (χ1) is 10.7. The highest BCUT2D eigenvalue weighted by molar-refractivity contribution is 7.56. The van der Waals surface area contributed by atoms with Crippen molar-refractivity contribution in [3.8, 4) is 5.75 Å². The lowest BCUT2D eigenvalue weighted by molar-refractivity contribution is -0.141. The molecule has 1 saturated heterocycles. The average molecular weight is 338 g/mol. The largest absolute Gasteiger partial charge is 0.454 e. The second-order valence-electron chi connectivity index (χ2n) is 6.24. The van der Waals surface area contributed by atoms with Crippen LogP contribution >= 0.6 is 7.67 Å². The first-order valence-electron chi connectivity index (χ1n) is 7.68. The van der Waals surface area contributed by atoms with E-state index in [2.05, 4.69) is 0 Å². The first-order valence-corrected chi connectivity index (χ1v) is 9.21. The second-order valence-corrected chi connectivity index (χ2v) is 8.26. The van der Waals surface area contributed by atoms with Crippen LogP contribution in [0.5, 0.6) is 5.75 Å². The Labute approximate surface area is 137 Å². The predicted octanol–water partition coefficient (Wildman–Crippen LogP) is 3.36. The van der Waals surface area contributed by atoms with Crippen LogP contribution in [0.3, 0.4) is 0 Å². The van der Waals surface area contributed by atoms with Crippen LogP contribution in [0.4, 0.5) is 0 Å². The van der Waals surface area contributed by atoms with E-state index in [0.717, 1.165) is 5.56 Å². The number of hydrogen-bond donors (Lipinski definition) is 0. The van der Waals surface area contributed by atoms with Gasteiger partial charge in [-0.15, -0.1) is 0 Å². The number of aryl methyl sites for hydroxylation is 1. The van der Waals surface area contributed by atoms with Gasteiger partial charge in [0.05, 0.1) is 0 Å². The normalized spacial score (nSPS) is 18.0. The molecule has 1 aromatic carbocycles. The molecule has 2 amide bonds. The highest BCUT2D eigenvalue weighted by Crippen LogP contribution is 2.58. The Bertz CT molecular complexity index is 642. The summed E-state index contributed by atoms with van der Waals surface area (Å²) in [6.45, 7) is 8.94. The molecule has 2 rings (SSSR count). The van der Waals surface area contributed by atoms with Crippen molar-refractivity contribution in [3.63, 3.8) is 0 Å². The molecule has 0 aliphatic carbocycles. The number of carbonyl (C=O) groups excluding carboxylic acids is 2. The average Bonchev–Trinajstić information content (AvgIpc) is 2.35. The van der Waals surface area contributed by atoms with Crippen LogP contribution in [-0.2, 0) is 14.2 Å². The van der Waals surface area contributed by atoms with Crippen molar-refractivity contribution in [2.45, 2.75) is 53.1 Å². The fourth-order valence-corrected chi connectivity index (χ4v) is 5.38. The van der Waals surface area contributed by atoms with Crippen LogP contribution in [0.2, 0.25) is 0 Å². The molecule has 0 unspecified atom stereocenters. The Morgan fingerprint density at radius 3 is 2.00 bits per heavy atom. The molecular formula is C16H23N2O4P. The number of rotatable bonds is 4. The molecule has 23 heavy (non-hydrogen) atoms. The lowest BCUT2D eigenvalue weighted by atomic mass is 10.2. The van der Waals surface area contributed by atoms with Gasteiger partial charge in [0.1, 0.15) is 12.2 Å². The number of benzene rings is 1. The molecule has 1 heterocycles. The van der Waals surface area contributed by atoms with Gasteiger partial charge in [-0.25, -0.2) is 13.9 Å². The minimum atomic E-state index is -3.83. The van der Waals surface area contributed by atoms with Crippen LogP contribution in [0.25, 0.3) is 0 Å². The molecule has 0 radical (unpaired) electrons. The Morgan fingerprint density at radius 2 is 1.57 bits per heavy atom. The summed E-state index contributed by atoms with van der Waals surface area (Å²) in [6.07, 6.45) is -0.280. The molecule has 0 spiro atoms. The molecular weight excluding hydrogens is 315 g/mol. The zero-order valence-corrected chi connectivity index (χ0v) is 15.0. The minimum Gasteiger partial charge on any atom is -0.414 e. The van der Waals surface area contributed by atoms with Gasteiger partial charge in [0.15, 0.2) is 0 Å². The third kappa shape index (κ3) is 3.27. The summed E-state index contributed by atoms with van der Waals surface area (Å²) in [7, 11) is -3.83. The predicted molar refractivity (Wildman–Crippen MR) is 88.0 cm³/mol. The van der Waals surface area contributed by atoms with Crippen molar-refractivity contribution in [3.05, 3.63) is 29.8 Å². The molecule has 126 valence electrons. The van der Waals surface area contributed by atoms with Crippen molar-refractivity contribution in [2.24, 2.45) is 0 Å². The third-order valence-electron chi connectivity index (χ3n) is 3.55. The highest BCUT2D eigenvalue weighted by Gasteiger charge is 2.52. The van der Waals surface area contributed by atoms with Crippen LogP contribution < -0.4 is 4.52 Å². The molecule has 1 aliphatic heterocycles. The number of hydrogen-bond acceptors (Lipinski definition) is 4. The van der Waals surface area contributed by atoms with E-state index in [-0.39, 0.29) is 18.5 Å². The summed E-state index contributed by atoms with van der Waals surface area (Å²) in [5, 5.41) is 0. The van der Waals surface area contributed by atoms with Crippen LogP contribution in [0.1, 0.15) is 39.7 Å². The van der Waals surface area contributed by atoms with Gasteiger partial charge in [-0.05, 0) is 52.3 Å². The fourth-order valence-electron chi connectivity index (χ4n) is 2.73. The maximum atomic E-state index is 13.7. The van der Waals surface area contributed by atoms with Crippen molar-refractivity contribution >= 4 is 19.5 Å². The summed E-state index contributed by atoms with van der Waals surface area (Å²) in [4.78, 5) is 24.6. The molecule has 6 nitrogen and oxygen atoms in total. The van der Waals surface area contributed by atoms with E-state index in [1.165, 1.54) is 9.34 Å². The molecule has 1 aliphatic rings. The van der Waals surface area contributed by atoms with Crippen molar-refractivity contribution in [1.82, 2.24) is 9.34 Å². The van der Waals surface area contributed by atoms with E-state index < -0.39 is 19.5 Å². The van der Waals surface area contributed by atoms with E-state index in [4.69, 9.17) is 4.52 Å². The minimum absolute atomic E-state index is 0.280. The number of nitrogens with zero attached hydrogens (tertiary/aromatic N) is 2. The van der Waals surface area contributed by atoms with Crippen molar-refractivity contribution in [2.75, 3.05) is 0 Å². The lowest BCUT2D eigenvalue weighted by Crippen LogP contribution is -2.52. The van der Waals surface area contributed by atoms with E-state index in [9.17, 15) is 14.2 Å². The summed E-state index contributed by atoms with van der Waals surface area (Å²) in [5.41, 5.74) is 0.941. The molecule has 7 heteroatoms. The lowest BCUT2D eigenvalue weighted by Gasteiger charge is -2.44. The van der Waals surface area contributed by atoms with Crippen LogP contribution in [-0.4, -0.2) is 33.2 Å². The van der Waals surface area contributed by atoms with E-state index >= 15 is 0 Å². The van der Waals surface area contributed by atoms with Crippen molar-refractivity contribution in [1.29, 1.82) is 0 Å². The van der Waals surface area contributed by atoms with Crippen molar-refractivity contribution < 1.29 is 18.7 Å². The smallest absolute Gasteiger partial charge is 0.414 e. The number of amides is 2. The summed E-state index contributed by atoms with van der Waals surface area (Å²) >= 11 is 0. The quantitative estimate of drug-likeness (QED) is 0.624. The van der Waals surface area contributed by atoms with Gasteiger partial charge in [0.2, 0.25) is 11.8 Å². The molecule has 0 N–H and O–H groups in total. The molecule has 0 atom stereocenters. The molecule has 1 fully saturated rings. The monoisotopic (exact) mass is 338 g/mol. The van der Waals surface area contributed by atoms with Gasteiger partial charge in [-0.3, -0.25) is 9.59 Å². The molecule has 0 aromatic heterocycles. The molecule has 1 aromatic rings. The van der Waals surface area contributed by atoms with Crippen LogP contribution in [0.15, 0.2) is 24.3 Å². The van der Waals surface area contributed by atoms with E-state index in [0.29, 0.717) is 5.75 Å². The summed E-state index contributed by atoms with van der Waals surface area (Å²) in [5.74, 6) is -0.539. The fraction of sp³-hybridized carbons (Fsp3) is 0.500. The number of carbonyl (C=O) groups is 2. The Hall–Kier alpha value is -1.81. The van der Waals surface area contributed by atoms with Gasteiger partial charge in [-0.2, -0.15) is 0 Å². The zero-order valence-electron chi connectivity index (χ0n) is 14.1. The van der Waals surface area contributed by atoms with Gasteiger partial charge in [0.25, 0.3) is 0 Å². The molecule has 0 saturated carbocycles. The highest BCUT2D eigenvalue weighted by atomic mass is 31.2. The van der Waals surface area contributed by atoms with E-state index in [1.807, 2.05) is 13.0 Å². The third-order valence-corrected chi connectivity index (χ3v) is 6.46. The Morgan fingerprint density at radius 1 is 1.04 bits per heavy atom. The van der Waals surface area contributed by atoms with Gasteiger partial charge in [0, 0.05) is 12.1 Å². The standard InChI is InChI=1S/C16H23N2O4P/c1-11(2)17-15(19)10-16(20)18(12(3)4)23(17,21)22-14-8-6-7-13(5)9-14/h6-9,11-12H,10H2,1-5H3. The first kappa shape index (κ1) is 17.5. The summed E-state index contributed by atoms with van der Waals surface area (Å²) < 4.78 is 21.9. The topological polar surface area (TPSA) is 66.9 Å². The Balaban J connectivity index is 2.53. The van der Waals surface area contributed by atoms with Crippen LogP contribution in [0, 0.1) is 6.92 Å². The van der Waals surface area contributed by atoms with Gasteiger partial charge >= 0.3 is 7.67 Å². The van der Waals surface area contributed by atoms with Gasteiger partial charge < -0.3 is 4.52 Å². The van der Waals surface area contributed by atoms with E-state index in [1.54, 1.807) is 45.9 Å². The SMILES string of the molecule is Cc1cccc(OP2(=O)N(C(C)C)C(=O)CC(=O)N2C(C)C)c1. The van der Waals surface area contributed by atoms with Gasteiger partial charge in [-0.1, -0.05) is 12.1 Å². The second kappa shape index (κ2) is 6.36. The summed E-state index contributed by atoms with van der Waals surface area (Å²) in [6, 6.07) is 6.40. The maximum absolute atomic E-state index is 13.7. The maximum Gasteiger partial charge on any atom is 0.454 e. The zero-order chi connectivity index (χ0) is 17.4. The Kier molecular flexibility index (Phi) is 4.85. The molecule has 0 bridgehead atoms.